The molecule has 0 bridgehead atoms. The molecule has 1 heterocycles. The Morgan fingerprint density at radius 3 is 2.89 bits per heavy atom. The molecule has 0 aliphatic rings. The van der Waals surface area contributed by atoms with Gasteiger partial charge < -0.3 is 5.32 Å². The van der Waals surface area contributed by atoms with Crippen LogP contribution in [-0.4, -0.2) is 0 Å². The molecule has 0 atom stereocenters. The zero-order chi connectivity index (χ0) is 13.2. The molecule has 4 heteroatoms. The first-order chi connectivity index (χ1) is 9.24. The number of rotatable bonds is 3. The molecule has 1 nitrogen and oxygen atoms in total. The van der Waals surface area contributed by atoms with E-state index in [4.69, 9.17) is 11.6 Å². The zero-order valence-electron chi connectivity index (χ0n) is 9.99. The van der Waals surface area contributed by atoms with Crippen molar-refractivity contribution in [2.45, 2.75) is 6.54 Å². The number of halogens is 2. The molecule has 0 saturated heterocycles. The molecular formula is C15H11ClFNS. The number of anilines is 1. The van der Waals surface area contributed by atoms with E-state index in [0.717, 1.165) is 0 Å². The summed E-state index contributed by atoms with van der Waals surface area (Å²) in [5.41, 5.74) is 1.82. The maximum Gasteiger partial charge on any atom is 0.125 e. The molecule has 0 unspecified atom stereocenters. The predicted octanol–water partition coefficient (Wildman–Crippen LogP) is 5.31. The summed E-state index contributed by atoms with van der Waals surface area (Å²) < 4.78 is 14.4. The SMILES string of the molecule is Fc1ccc(Cl)c(NCc2csc3ccccc23)c1. The van der Waals surface area contributed by atoms with Gasteiger partial charge in [0.2, 0.25) is 0 Å². The van der Waals surface area contributed by atoms with Crippen LogP contribution in [0.1, 0.15) is 5.56 Å². The average Bonchev–Trinajstić information content (AvgIpc) is 2.83. The molecule has 0 amide bonds. The van der Waals surface area contributed by atoms with Crippen LogP contribution in [-0.2, 0) is 6.54 Å². The Hall–Kier alpha value is -1.58. The van der Waals surface area contributed by atoms with E-state index in [1.54, 1.807) is 17.4 Å². The van der Waals surface area contributed by atoms with Gasteiger partial charge in [0.25, 0.3) is 0 Å². The van der Waals surface area contributed by atoms with Crippen LogP contribution in [0.4, 0.5) is 10.1 Å². The molecule has 1 N–H and O–H groups in total. The molecule has 2 aromatic carbocycles. The van der Waals surface area contributed by atoms with Crippen molar-refractivity contribution in [3.05, 3.63) is 64.2 Å². The second-order valence-electron chi connectivity index (χ2n) is 4.23. The highest BCUT2D eigenvalue weighted by molar-refractivity contribution is 7.17. The van der Waals surface area contributed by atoms with Crippen LogP contribution in [0.2, 0.25) is 5.02 Å². The molecule has 0 aliphatic carbocycles. The van der Waals surface area contributed by atoms with Crippen molar-refractivity contribution < 1.29 is 4.39 Å². The lowest BCUT2D eigenvalue weighted by Gasteiger charge is -2.08. The maximum absolute atomic E-state index is 13.2. The molecule has 3 rings (SSSR count). The Morgan fingerprint density at radius 2 is 2.00 bits per heavy atom. The van der Waals surface area contributed by atoms with E-state index in [0.29, 0.717) is 17.3 Å². The normalized spacial score (nSPS) is 10.8. The largest absolute Gasteiger partial charge is 0.380 e. The first kappa shape index (κ1) is 12.5. The number of hydrogen-bond donors (Lipinski definition) is 1. The summed E-state index contributed by atoms with van der Waals surface area (Å²) >= 11 is 7.74. The third kappa shape index (κ3) is 2.57. The fourth-order valence-corrected chi connectivity index (χ4v) is 3.14. The number of fused-ring (bicyclic) bond motifs is 1. The van der Waals surface area contributed by atoms with Gasteiger partial charge in [-0.25, -0.2) is 4.39 Å². The minimum Gasteiger partial charge on any atom is -0.380 e. The van der Waals surface area contributed by atoms with Crippen LogP contribution in [0.5, 0.6) is 0 Å². The quantitative estimate of drug-likeness (QED) is 0.690. The van der Waals surface area contributed by atoms with Crippen molar-refractivity contribution in [3.8, 4) is 0 Å². The zero-order valence-corrected chi connectivity index (χ0v) is 11.6. The van der Waals surface area contributed by atoms with Gasteiger partial charge in [-0.1, -0.05) is 29.8 Å². The third-order valence-electron chi connectivity index (χ3n) is 2.96. The van der Waals surface area contributed by atoms with Gasteiger partial charge in [-0.3, -0.25) is 0 Å². The van der Waals surface area contributed by atoms with Crippen molar-refractivity contribution >= 4 is 38.7 Å². The van der Waals surface area contributed by atoms with Crippen molar-refractivity contribution in [2.75, 3.05) is 5.32 Å². The van der Waals surface area contributed by atoms with Crippen molar-refractivity contribution in [2.24, 2.45) is 0 Å². The van der Waals surface area contributed by atoms with E-state index in [1.165, 1.54) is 27.8 Å². The molecule has 0 aliphatic heterocycles. The fraction of sp³-hybridized carbons (Fsp3) is 0.0667. The molecule has 19 heavy (non-hydrogen) atoms. The molecule has 0 spiro atoms. The third-order valence-corrected chi connectivity index (χ3v) is 4.30. The fourth-order valence-electron chi connectivity index (χ4n) is 1.99. The summed E-state index contributed by atoms with van der Waals surface area (Å²) in [6.07, 6.45) is 0. The van der Waals surface area contributed by atoms with Crippen LogP contribution in [0.15, 0.2) is 47.8 Å². The molecule has 0 fully saturated rings. The second-order valence-corrected chi connectivity index (χ2v) is 5.55. The summed E-state index contributed by atoms with van der Waals surface area (Å²) in [7, 11) is 0. The molecule has 96 valence electrons. The average molecular weight is 292 g/mol. The van der Waals surface area contributed by atoms with Gasteiger partial charge >= 0.3 is 0 Å². The monoisotopic (exact) mass is 291 g/mol. The van der Waals surface area contributed by atoms with Crippen molar-refractivity contribution in [3.63, 3.8) is 0 Å². The summed E-state index contributed by atoms with van der Waals surface area (Å²) in [6, 6.07) is 12.6. The summed E-state index contributed by atoms with van der Waals surface area (Å²) in [5, 5.41) is 7.06. The Bertz CT molecular complexity index is 723. The van der Waals surface area contributed by atoms with E-state index < -0.39 is 0 Å². The maximum atomic E-state index is 13.2. The van der Waals surface area contributed by atoms with Gasteiger partial charge in [-0.15, -0.1) is 11.3 Å². The van der Waals surface area contributed by atoms with Gasteiger partial charge in [-0.05, 0) is 40.6 Å². The number of benzene rings is 2. The summed E-state index contributed by atoms with van der Waals surface area (Å²) in [5.74, 6) is -0.290. The molecule has 1 aromatic heterocycles. The summed E-state index contributed by atoms with van der Waals surface area (Å²) in [6.45, 7) is 0.632. The van der Waals surface area contributed by atoms with Crippen LogP contribution in [0, 0.1) is 5.82 Å². The Morgan fingerprint density at radius 1 is 1.16 bits per heavy atom. The molecule has 0 radical (unpaired) electrons. The van der Waals surface area contributed by atoms with E-state index in [2.05, 4.69) is 22.8 Å². The van der Waals surface area contributed by atoms with Gasteiger partial charge in [0.15, 0.2) is 0 Å². The Labute approximate surface area is 119 Å². The van der Waals surface area contributed by atoms with Gasteiger partial charge in [-0.2, -0.15) is 0 Å². The first-order valence-electron chi connectivity index (χ1n) is 5.88. The number of nitrogens with one attached hydrogen (secondary N) is 1. The van der Waals surface area contributed by atoms with E-state index >= 15 is 0 Å². The number of thiophene rings is 1. The van der Waals surface area contributed by atoms with Crippen LogP contribution in [0.25, 0.3) is 10.1 Å². The highest BCUT2D eigenvalue weighted by Gasteiger charge is 2.05. The standard InChI is InChI=1S/C15H11ClFNS/c16-13-6-5-11(17)7-14(13)18-8-10-9-19-15-4-2-1-3-12(10)15/h1-7,9,18H,8H2. The second kappa shape index (κ2) is 5.19. The topological polar surface area (TPSA) is 12.0 Å². The molecule has 3 aromatic rings. The highest BCUT2D eigenvalue weighted by Crippen LogP contribution is 2.28. The summed E-state index contributed by atoms with van der Waals surface area (Å²) in [4.78, 5) is 0. The minimum atomic E-state index is -0.290. The molecular weight excluding hydrogens is 281 g/mol. The van der Waals surface area contributed by atoms with E-state index in [9.17, 15) is 4.39 Å². The van der Waals surface area contributed by atoms with E-state index in [-0.39, 0.29) is 5.82 Å². The van der Waals surface area contributed by atoms with Crippen LogP contribution in [0.3, 0.4) is 0 Å². The van der Waals surface area contributed by atoms with Crippen molar-refractivity contribution in [1.82, 2.24) is 0 Å². The van der Waals surface area contributed by atoms with Crippen LogP contribution < -0.4 is 5.32 Å². The van der Waals surface area contributed by atoms with Gasteiger partial charge in [0, 0.05) is 11.2 Å². The predicted molar refractivity (Wildman–Crippen MR) is 80.6 cm³/mol. The van der Waals surface area contributed by atoms with Gasteiger partial charge in [0.1, 0.15) is 5.82 Å². The Balaban J connectivity index is 1.84. The lowest BCUT2D eigenvalue weighted by molar-refractivity contribution is 0.628. The van der Waals surface area contributed by atoms with Crippen LogP contribution >= 0.6 is 22.9 Å². The van der Waals surface area contributed by atoms with Crippen molar-refractivity contribution in [1.29, 1.82) is 0 Å². The lowest BCUT2D eigenvalue weighted by Crippen LogP contribution is -1.99. The van der Waals surface area contributed by atoms with E-state index in [1.807, 2.05) is 12.1 Å². The first-order valence-corrected chi connectivity index (χ1v) is 7.14. The lowest BCUT2D eigenvalue weighted by atomic mass is 10.2. The smallest absolute Gasteiger partial charge is 0.125 e. The number of hydrogen-bond acceptors (Lipinski definition) is 2. The highest BCUT2D eigenvalue weighted by atomic mass is 35.5. The Kier molecular flexibility index (Phi) is 3.40. The minimum absolute atomic E-state index is 0.290. The molecule has 0 saturated carbocycles. The van der Waals surface area contributed by atoms with Gasteiger partial charge in [0.05, 0.1) is 10.7 Å².